The molecule has 2 heterocycles. The highest BCUT2D eigenvalue weighted by atomic mass is 16.5. The lowest BCUT2D eigenvalue weighted by molar-refractivity contribution is -0.121. The molecule has 1 saturated heterocycles. The van der Waals surface area contributed by atoms with E-state index in [9.17, 15) is 4.79 Å². The van der Waals surface area contributed by atoms with Crippen molar-refractivity contribution in [2.75, 3.05) is 18.5 Å². The van der Waals surface area contributed by atoms with Crippen LogP contribution in [0.1, 0.15) is 26.2 Å². The van der Waals surface area contributed by atoms with E-state index in [1.54, 1.807) is 6.07 Å². The molecule has 1 amide bonds. The van der Waals surface area contributed by atoms with Crippen LogP contribution in [0.2, 0.25) is 0 Å². The normalized spacial score (nSPS) is 19.8. The summed E-state index contributed by atoms with van der Waals surface area (Å²) in [4.78, 5) is 19.9. The first-order valence-electron chi connectivity index (χ1n) is 6.28. The van der Waals surface area contributed by atoms with Gasteiger partial charge in [0.25, 0.3) is 0 Å². The lowest BCUT2D eigenvalue weighted by atomic mass is 10.1. The van der Waals surface area contributed by atoms with Crippen LogP contribution in [0.3, 0.4) is 0 Å². The Kier molecular flexibility index (Phi) is 4.33. The summed E-state index contributed by atoms with van der Waals surface area (Å²) in [6, 6.07) is 1.48. The molecule has 0 bridgehead atoms. The standard InChI is InChI=1S/C12H18N4O2/c1-2-18-11-7-10(14-8-15-11)16-9-5-3-4-6-13-12(9)17/h7-9H,2-6H2,1H3,(H,13,17)(H,14,15,16)/t9-/m0/s1. The van der Waals surface area contributed by atoms with E-state index in [4.69, 9.17) is 4.74 Å². The number of amides is 1. The highest BCUT2D eigenvalue weighted by molar-refractivity contribution is 5.84. The SMILES string of the molecule is CCOc1cc(N[C@H]2CCCCNC2=O)ncn1. The molecule has 1 fully saturated rings. The number of anilines is 1. The number of hydrogen-bond acceptors (Lipinski definition) is 5. The van der Waals surface area contributed by atoms with Crippen molar-refractivity contribution in [2.45, 2.75) is 32.2 Å². The van der Waals surface area contributed by atoms with Crippen molar-refractivity contribution in [1.82, 2.24) is 15.3 Å². The van der Waals surface area contributed by atoms with Gasteiger partial charge in [0.15, 0.2) is 0 Å². The zero-order valence-corrected chi connectivity index (χ0v) is 10.5. The van der Waals surface area contributed by atoms with E-state index >= 15 is 0 Å². The molecule has 1 aliphatic rings. The maximum absolute atomic E-state index is 11.8. The van der Waals surface area contributed by atoms with Crippen LogP contribution in [-0.4, -0.2) is 35.1 Å². The first-order chi connectivity index (χ1) is 8.79. The lowest BCUT2D eigenvalue weighted by Crippen LogP contribution is -2.38. The van der Waals surface area contributed by atoms with Gasteiger partial charge in [0.05, 0.1) is 6.61 Å². The second kappa shape index (κ2) is 6.18. The quantitative estimate of drug-likeness (QED) is 0.832. The fraction of sp³-hybridized carbons (Fsp3) is 0.583. The Labute approximate surface area is 106 Å². The highest BCUT2D eigenvalue weighted by Gasteiger charge is 2.20. The molecular formula is C12H18N4O2. The molecule has 2 N–H and O–H groups in total. The number of aromatic nitrogens is 2. The molecule has 0 aliphatic carbocycles. The average molecular weight is 250 g/mol. The Bertz CT molecular complexity index is 411. The maximum atomic E-state index is 11.8. The van der Waals surface area contributed by atoms with Gasteiger partial charge in [0.1, 0.15) is 18.2 Å². The van der Waals surface area contributed by atoms with E-state index in [0.29, 0.717) is 18.3 Å². The molecule has 0 radical (unpaired) electrons. The molecule has 2 rings (SSSR count). The number of hydrogen-bond donors (Lipinski definition) is 2. The van der Waals surface area contributed by atoms with Crippen LogP contribution >= 0.6 is 0 Å². The largest absolute Gasteiger partial charge is 0.478 e. The summed E-state index contributed by atoms with van der Waals surface area (Å²) >= 11 is 0. The topological polar surface area (TPSA) is 76.1 Å². The average Bonchev–Trinajstić information content (AvgIpc) is 2.56. The third-order valence-corrected chi connectivity index (χ3v) is 2.79. The number of nitrogens with zero attached hydrogens (tertiary/aromatic N) is 2. The van der Waals surface area contributed by atoms with Gasteiger partial charge >= 0.3 is 0 Å². The second-order valence-electron chi connectivity index (χ2n) is 4.16. The molecule has 1 aromatic rings. The first kappa shape index (κ1) is 12.6. The molecule has 18 heavy (non-hydrogen) atoms. The van der Waals surface area contributed by atoms with E-state index in [1.165, 1.54) is 6.33 Å². The van der Waals surface area contributed by atoms with Crippen molar-refractivity contribution >= 4 is 11.7 Å². The summed E-state index contributed by atoms with van der Waals surface area (Å²) in [5.41, 5.74) is 0. The molecule has 1 aromatic heterocycles. The molecule has 6 heteroatoms. The van der Waals surface area contributed by atoms with Crippen molar-refractivity contribution in [3.8, 4) is 5.88 Å². The van der Waals surface area contributed by atoms with Crippen LogP contribution in [-0.2, 0) is 4.79 Å². The van der Waals surface area contributed by atoms with Gasteiger partial charge in [-0.3, -0.25) is 4.79 Å². The number of rotatable bonds is 4. The van der Waals surface area contributed by atoms with Crippen molar-refractivity contribution in [2.24, 2.45) is 0 Å². The molecule has 1 atom stereocenters. The Morgan fingerprint density at radius 2 is 2.39 bits per heavy atom. The van der Waals surface area contributed by atoms with Crippen LogP contribution < -0.4 is 15.4 Å². The van der Waals surface area contributed by atoms with Crippen molar-refractivity contribution in [3.63, 3.8) is 0 Å². The van der Waals surface area contributed by atoms with E-state index in [0.717, 1.165) is 25.8 Å². The minimum Gasteiger partial charge on any atom is -0.478 e. The summed E-state index contributed by atoms with van der Waals surface area (Å²) in [5.74, 6) is 1.17. The van der Waals surface area contributed by atoms with Crippen LogP contribution in [0.4, 0.5) is 5.82 Å². The minimum absolute atomic E-state index is 0.0315. The van der Waals surface area contributed by atoms with Gasteiger partial charge in [-0.1, -0.05) is 0 Å². The molecule has 0 saturated carbocycles. The van der Waals surface area contributed by atoms with Crippen LogP contribution in [0.5, 0.6) is 5.88 Å². The Morgan fingerprint density at radius 1 is 1.50 bits per heavy atom. The first-order valence-corrected chi connectivity index (χ1v) is 6.28. The molecule has 0 aromatic carbocycles. The monoisotopic (exact) mass is 250 g/mol. The van der Waals surface area contributed by atoms with Gasteiger partial charge in [-0.2, -0.15) is 0 Å². The lowest BCUT2D eigenvalue weighted by Gasteiger charge is -2.15. The van der Waals surface area contributed by atoms with Crippen LogP contribution in [0.25, 0.3) is 0 Å². The highest BCUT2D eigenvalue weighted by Crippen LogP contribution is 2.15. The van der Waals surface area contributed by atoms with Gasteiger partial charge < -0.3 is 15.4 Å². The summed E-state index contributed by atoms with van der Waals surface area (Å²) in [7, 11) is 0. The summed E-state index contributed by atoms with van der Waals surface area (Å²) in [5, 5.41) is 6.00. The van der Waals surface area contributed by atoms with E-state index in [1.807, 2.05) is 6.92 Å². The molecule has 98 valence electrons. The van der Waals surface area contributed by atoms with Crippen LogP contribution in [0, 0.1) is 0 Å². The molecule has 0 spiro atoms. The second-order valence-corrected chi connectivity index (χ2v) is 4.16. The van der Waals surface area contributed by atoms with Gasteiger partial charge in [-0.05, 0) is 26.2 Å². The van der Waals surface area contributed by atoms with Crippen molar-refractivity contribution in [3.05, 3.63) is 12.4 Å². The zero-order chi connectivity index (χ0) is 12.8. The number of carbonyl (C=O) groups is 1. The Morgan fingerprint density at radius 3 is 3.22 bits per heavy atom. The fourth-order valence-corrected chi connectivity index (χ4v) is 1.90. The molecule has 1 aliphatic heterocycles. The van der Waals surface area contributed by atoms with E-state index < -0.39 is 0 Å². The maximum Gasteiger partial charge on any atom is 0.242 e. The number of nitrogens with one attached hydrogen (secondary N) is 2. The number of carbonyl (C=O) groups excluding carboxylic acids is 1. The van der Waals surface area contributed by atoms with Crippen molar-refractivity contribution in [1.29, 1.82) is 0 Å². The third-order valence-electron chi connectivity index (χ3n) is 2.79. The van der Waals surface area contributed by atoms with Gasteiger partial charge in [0, 0.05) is 12.6 Å². The molecular weight excluding hydrogens is 232 g/mol. The smallest absolute Gasteiger partial charge is 0.242 e. The summed E-state index contributed by atoms with van der Waals surface area (Å²) in [6.07, 6.45) is 4.30. The third kappa shape index (κ3) is 3.32. The van der Waals surface area contributed by atoms with Gasteiger partial charge in [-0.25, -0.2) is 9.97 Å². The summed E-state index contributed by atoms with van der Waals surface area (Å²) in [6.45, 7) is 3.21. The van der Waals surface area contributed by atoms with E-state index in [-0.39, 0.29) is 11.9 Å². The predicted octanol–water partition coefficient (Wildman–Crippen LogP) is 0.956. The minimum atomic E-state index is -0.225. The van der Waals surface area contributed by atoms with E-state index in [2.05, 4.69) is 20.6 Å². The van der Waals surface area contributed by atoms with Gasteiger partial charge in [0.2, 0.25) is 11.8 Å². The van der Waals surface area contributed by atoms with Gasteiger partial charge in [-0.15, -0.1) is 0 Å². The Hall–Kier alpha value is -1.85. The predicted molar refractivity (Wildman–Crippen MR) is 67.5 cm³/mol. The summed E-state index contributed by atoms with van der Waals surface area (Å²) < 4.78 is 5.30. The molecule has 6 nitrogen and oxygen atoms in total. The van der Waals surface area contributed by atoms with Crippen molar-refractivity contribution < 1.29 is 9.53 Å². The Balaban J connectivity index is 2.02. The number of ether oxygens (including phenoxy) is 1. The molecule has 0 unspecified atom stereocenters. The fourth-order valence-electron chi connectivity index (χ4n) is 1.90. The zero-order valence-electron chi connectivity index (χ0n) is 10.5. The van der Waals surface area contributed by atoms with Crippen LogP contribution in [0.15, 0.2) is 12.4 Å².